The molecule has 1 fully saturated rings. The van der Waals surface area contributed by atoms with Crippen LogP contribution in [0.2, 0.25) is 5.02 Å². The van der Waals surface area contributed by atoms with Gasteiger partial charge in [-0.15, -0.1) is 0 Å². The molecule has 162 valence electrons. The summed E-state index contributed by atoms with van der Waals surface area (Å²) in [5.41, 5.74) is 1.78. The second-order valence-electron chi connectivity index (χ2n) is 6.72. The number of amidine groups is 1. The Morgan fingerprint density at radius 1 is 1.09 bits per heavy atom. The van der Waals surface area contributed by atoms with Gasteiger partial charge in [-0.1, -0.05) is 41.9 Å². The quantitative estimate of drug-likeness (QED) is 0.453. The summed E-state index contributed by atoms with van der Waals surface area (Å²) in [5.74, 6) is 0.227. The van der Waals surface area contributed by atoms with Crippen LogP contribution in [0.1, 0.15) is 11.1 Å². The third-order valence-corrected chi connectivity index (χ3v) is 5.82. The van der Waals surface area contributed by atoms with Crippen molar-refractivity contribution >= 4 is 46.2 Å². The molecule has 8 heteroatoms. The van der Waals surface area contributed by atoms with E-state index in [0.717, 1.165) is 11.3 Å². The number of rotatable bonds is 6. The van der Waals surface area contributed by atoms with Crippen LogP contribution in [0.3, 0.4) is 0 Å². The summed E-state index contributed by atoms with van der Waals surface area (Å²) in [7, 11) is 1.51. The topological polar surface area (TPSA) is 59.9 Å². The molecule has 1 heterocycles. The first-order chi connectivity index (χ1) is 15.5. The summed E-state index contributed by atoms with van der Waals surface area (Å²) >= 11 is 7.32. The van der Waals surface area contributed by atoms with Crippen LogP contribution in [0.4, 0.5) is 10.1 Å². The lowest BCUT2D eigenvalue weighted by molar-refractivity contribution is -0.115. The first-order valence-corrected chi connectivity index (χ1v) is 10.8. The standard InChI is InChI=1S/C24H18ClFN2O3S/c1-30-21-12-15(10-11-20(21)31-14-17-18(25)8-5-9-19(17)26)13-22-23(29)28-24(32-22)27-16-6-3-2-4-7-16/h2-13H,14H2,1H3,(H,27,28,29)/b22-13+. The highest BCUT2D eigenvalue weighted by molar-refractivity contribution is 8.18. The Balaban J connectivity index is 1.51. The molecule has 1 N–H and O–H groups in total. The molecule has 3 aromatic carbocycles. The zero-order valence-electron chi connectivity index (χ0n) is 17.0. The van der Waals surface area contributed by atoms with Crippen molar-refractivity contribution in [3.63, 3.8) is 0 Å². The Bertz CT molecular complexity index is 1190. The third kappa shape index (κ3) is 5.12. The van der Waals surface area contributed by atoms with E-state index in [1.165, 1.54) is 31.0 Å². The Morgan fingerprint density at radius 3 is 2.66 bits per heavy atom. The number of hydrogen-bond donors (Lipinski definition) is 1. The number of para-hydroxylation sites is 1. The monoisotopic (exact) mass is 468 g/mol. The summed E-state index contributed by atoms with van der Waals surface area (Å²) in [6.07, 6.45) is 1.74. The second-order valence-corrected chi connectivity index (χ2v) is 8.15. The van der Waals surface area contributed by atoms with Crippen LogP contribution in [0.25, 0.3) is 6.08 Å². The predicted octanol–water partition coefficient (Wildman–Crippen LogP) is 5.96. The number of amides is 1. The van der Waals surface area contributed by atoms with Gasteiger partial charge in [0.05, 0.1) is 22.7 Å². The van der Waals surface area contributed by atoms with Crippen LogP contribution < -0.4 is 14.8 Å². The first-order valence-electron chi connectivity index (χ1n) is 9.62. The Morgan fingerprint density at radius 2 is 1.91 bits per heavy atom. The minimum absolute atomic E-state index is 0.0418. The number of nitrogens with one attached hydrogen (secondary N) is 1. The number of thioether (sulfide) groups is 1. The molecular weight excluding hydrogens is 451 g/mol. The Kier molecular flexibility index (Phi) is 6.78. The van der Waals surface area contributed by atoms with E-state index < -0.39 is 5.82 Å². The molecule has 3 aromatic rings. The molecule has 0 atom stereocenters. The van der Waals surface area contributed by atoms with Gasteiger partial charge in [-0.3, -0.25) is 4.79 Å². The summed E-state index contributed by atoms with van der Waals surface area (Å²) in [6, 6.07) is 19.1. The highest BCUT2D eigenvalue weighted by Gasteiger charge is 2.24. The highest BCUT2D eigenvalue weighted by Crippen LogP contribution is 2.33. The molecule has 1 aliphatic rings. The van der Waals surface area contributed by atoms with Crippen LogP contribution in [0.5, 0.6) is 11.5 Å². The molecule has 1 amide bonds. The van der Waals surface area contributed by atoms with E-state index in [-0.39, 0.29) is 18.1 Å². The minimum Gasteiger partial charge on any atom is -0.493 e. The van der Waals surface area contributed by atoms with Crippen molar-refractivity contribution in [1.82, 2.24) is 5.32 Å². The number of hydrogen-bond acceptors (Lipinski definition) is 5. The lowest BCUT2D eigenvalue weighted by Crippen LogP contribution is -2.19. The Labute approximate surface area is 193 Å². The smallest absolute Gasteiger partial charge is 0.264 e. The molecule has 0 aromatic heterocycles. The summed E-state index contributed by atoms with van der Waals surface area (Å²) < 4.78 is 25.1. The number of aliphatic imine (C=N–C) groups is 1. The van der Waals surface area contributed by atoms with E-state index in [0.29, 0.717) is 26.6 Å². The lowest BCUT2D eigenvalue weighted by atomic mass is 10.2. The number of ether oxygens (including phenoxy) is 2. The normalized spacial score (nSPS) is 15.8. The van der Waals surface area contributed by atoms with E-state index in [4.69, 9.17) is 21.1 Å². The maximum Gasteiger partial charge on any atom is 0.264 e. The number of halogens is 2. The van der Waals surface area contributed by atoms with Crippen molar-refractivity contribution in [2.24, 2.45) is 4.99 Å². The fourth-order valence-corrected chi connectivity index (χ4v) is 4.02. The molecule has 1 aliphatic heterocycles. The fraction of sp³-hybridized carbons (Fsp3) is 0.0833. The van der Waals surface area contributed by atoms with Crippen molar-refractivity contribution in [3.05, 3.63) is 93.6 Å². The van der Waals surface area contributed by atoms with Gasteiger partial charge in [-0.2, -0.15) is 0 Å². The molecule has 0 aliphatic carbocycles. The maximum atomic E-state index is 14.0. The zero-order chi connectivity index (χ0) is 22.5. The van der Waals surface area contributed by atoms with Crippen LogP contribution >= 0.6 is 23.4 Å². The average Bonchev–Trinajstić information content (AvgIpc) is 3.13. The number of carbonyl (C=O) groups excluding carboxylic acids is 1. The summed E-state index contributed by atoms with van der Waals surface area (Å²) in [4.78, 5) is 17.3. The van der Waals surface area contributed by atoms with Gasteiger partial charge in [0.15, 0.2) is 16.7 Å². The summed E-state index contributed by atoms with van der Waals surface area (Å²) in [5, 5.41) is 3.57. The highest BCUT2D eigenvalue weighted by atomic mass is 35.5. The molecule has 5 nitrogen and oxygen atoms in total. The molecule has 0 unspecified atom stereocenters. The van der Waals surface area contributed by atoms with Crippen molar-refractivity contribution in [2.75, 3.05) is 7.11 Å². The largest absolute Gasteiger partial charge is 0.493 e. The minimum atomic E-state index is -0.435. The van der Waals surface area contributed by atoms with Crippen molar-refractivity contribution < 1.29 is 18.7 Å². The summed E-state index contributed by atoms with van der Waals surface area (Å²) in [6.45, 7) is -0.0418. The molecule has 0 radical (unpaired) electrons. The van der Waals surface area contributed by atoms with Crippen LogP contribution in [0.15, 0.2) is 76.6 Å². The van der Waals surface area contributed by atoms with Crippen molar-refractivity contribution in [1.29, 1.82) is 0 Å². The van der Waals surface area contributed by atoms with Gasteiger partial charge in [0.25, 0.3) is 5.91 Å². The van der Waals surface area contributed by atoms with E-state index in [2.05, 4.69) is 10.3 Å². The van der Waals surface area contributed by atoms with Crippen molar-refractivity contribution in [2.45, 2.75) is 6.61 Å². The number of benzene rings is 3. The molecule has 1 saturated heterocycles. The van der Waals surface area contributed by atoms with Crippen LogP contribution in [-0.2, 0) is 11.4 Å². The van der Waals surface area contributed by atoms with Gasteiger partial charge in [-0.05, 0) is 59.8 Å². The lowest BCUT2D eigenvalue weighted by Gasteiger charge is -2.12. The predicted molar refractivity (Wildman–Crippen MR) is 126 cm³/mol. The zero-order valence-corrected chi connectivity index (χ0v) is 18.5. The Hall–Kier alpha value is -3.29. The molecule has 4 rings (SSSR count). The van der Waals surface area contributed by atoms with E-state index in [1.54, 1.807) is 30.3 Å². The van der Waals surface area contributed by atoms with E-state index >= 15 is 0 Å². The number of carbonyl (C=O) groups is 1. The molecule has 0 saturated carbocycles. The van der Waals surface area contributed by atoms with Gasteiger partial charge in [0.2, 0.25) is 0 Å². The molecule has 0 bridgehead atoms. The number of methoxy groups -OCH3 is 1. The fourth-order valence-electron chi connectivity index (χ4n) is 2.97. The molecule has 0 spiro atoms. The molecule has 32 heavy (non-hydrogen) atoms. The number of nitrogens with zero attached hydrogens (tertiary/aromatic N) is 1. The SMILES string of the molecule is COc1cc(/C=C2/SC(=Nc3ccccc3)NC2=O)ccc1OCc1c(F)cccc1Cl. The third-order valence-electron chi connectivity index (χ3n) is 4.56. The van der Waals surface area contributed by atoms with Crippen LogP contribution in [-0.4, -0.2) is 18.2 Å². The van der Waals surface area contributed by atoms with Gasteiger partial charge in [0, 0.05) is 5.56 Å². The van der Waals surface area contributed by atoms with Gasteiger partial charge >= 0.3 is 0 Å². The maximum absolute atomic E-state index is 14.0. The van der Waals surface area contributed by atoms with E-state index in [1.807, 2.05) is 30.3 Å². The van der Waals surface area contributed by atoms with Crippen LogP contribution in [0, 0.1) is 5.82 Å². The first kappa shape index (κ1) is 21.9. The van der Waals surface area contributed by atoms with Crippen molar-refractivity contribution in [3.8, 4) is 11.5 Å². The van der Waals surface area contributed by atoms with E-state index in [9.17, 15) is 9.18 Å². The van der Waals surface area contributed by atoms with Gasteiger partial charge in [-0.25, -0.2) is 9.38 Å². The van der Waals surface area contributed by atoms with Gasteiger partial charge < -0.3 is 14.8 Å². The average molecular weight is 469 g/mol. The molecular formula is C24H18ClFN2O3S. The second kappa shape index (κ2) is 9.89. The van der Waals surface area contributed by atoms with Gasteiger partial charge in [0.1, 0.15) is 12.4 Å².